The average Bonchev–Trinajstić information content (AvgIpc) is 3.42. The van der Waals surface area contributed by atoms with Gasteiger partial charge in [-0.05, 0) is 77.0 Å². The topological polar surface area (TPSA) is 189 Å². The first-order valence-corrected chi connectivity index (χ1v) is 32.4. The molecule has 0 saturated carbocycles. The van der Waals surface area contributed by atoms with Crippen LogP contribution in [0.15, 0.2) is 36.5 Å². The molecule has 11 heteroatoms. The van der Waals surface area contributed by atoms with Gasteiger partial charge in [0.1, 0.15) is 36.6 Å². The standard InChI is InChI=1S/C65H123NO10/c1-3-5-7-9-11-13-15-17-19-21-23-25-27-29-31-33-35-37-39-41-43-45-47-49-51-53-58(69)64(74)66-56(55-75-65-63(73)62(72)61(71)59(54-67)76-65)60(70)57(68)52-50-48-46-44-42-40-38-36-34-32-30-28-26-24-22-20-18-16-14-12-10-8-6-4-2/h29,31,36,38,44,46,56-63,65,67-73H,3-28,30,32-35,37,39-43,45,47-55H2,1-2H3,(H,66,74)/b31-29-,38-36+,46-44+. The number of rotatable bonds is 56. The minimum absolute atomic E-state index is 0.247. The van der Waals surface area contributed by atoms with Gasteiger partial charge < -0.3 is 50.5 Å². The molecule has 0 aromatic heterocycles. The second kappa shape index (κ2) is 53.9. The van der Waals surface area contributed by atoms with E-state index in [-0.39, 0.29) is 12.8 Å². The maximum Gasteiger partial charge on any atom is 0.249 e. The van der Waals surface area contributed by atoms with Gasteiger partial charge in [0.2, 0.25) is 5.91 Å². The molecule has 11 nitrogen and oxygen atoms in total. The van der Waals surface area contributed by atoms with Crippen LogP contribution in [0.3, 0.4) is 0 Å². The van der Waals surface area contributed by atoms with Crippen molar-refractivity contribution in [3.05, 3.63) is 36.5 Å². The molecule has 9 unspecified atom stereocenters. The monoisotopic (exact) mass is 1080 g/mol. The van der Waals surface area contributed by atoms with Gasteiger partial charge in [-0.1, -0.05) is 262 Å². The summed E-state index contributed by atoms with van der Waals surface area (Å²) in [7, 11) is 0. The summed E-state index contributed by atoms with van der Waals surface area (Å²) in [6.07, 6.45) is 56.4. The first kappa shape index (κ1) is 72.3. The number of hydrogen-bond acceptors (Lipinski definition) is 10. The van der Waals surface area contributed by atoms with Gasteiger partial charge in [0.15, 0.2) is 6.29 Å². The van der Waals surface area contributed by atoms with Crippen LogP contribution in [0.25, 0.3) is 0 Å². The van der Waals surface area contributed by atoms with Crippen molar-refractivity contribution >= 4 is 5.91 Å². The lowest BCUT2D eigenvalue weighted by atomic mass is 9.98. The zero-order chi connectivity index (χ0) is 55.4. The minimum atomic E-state index is -1.67. The van der Waals surface area contributed by atoms with Crippen LogP contribution in [-0.2, 0) is 14.3 Å². The second-order valence-electron chi connectivity index (χ2n) is 22.8. The molecule has 1 rings (SSSR count). The number of amides is 1. The Balaban J connectivity index is 2.29. The van der Waals surface area contributed by atoms with Crippen LogP contribution < -0.4 is 5.32 Å². The van der Waals surface area contributed by atoms with Crippen LogP contribution in [0.1, 0.15) is 303 Å². The molecule has 0 aromatic rings. The number of aliphatic hydroxyl groups excluding tert-OH is 7. The number of allylic oxidation sites excluding steroid dienone is 6. The molecule has 1 aliphatic heterocycles. The molecule has 448 valence electrons. The highest BCUT2D eigenvalue weighted by Gasteiger charge is 2.44. The molecular weight excluding hydrogens is 955 g/mol. The number of carbonyl (C=O) groups excluding carboxylic acids is 1. The number of nitrogens with one attached hydrogen (secondary N) is 1. The van der Waals surface area contributed by atoms with E-state index in [1.165, 1.54) is 218 Å². The van der Waals surface area contributed by atoms with Gasteiger partial charge in [-0.25, -0.2) is 0 Å². The first-order valence-electron chi connectivity index (χ1n) is 32.4. The summed E-state index contributed by atoms with van der Waals surface area (Å²) in [5, 5.41) is 76.3. The van der Waals surface area contributed by atoms with Crippen molar-refractivity contribution < 1.29 is 50.0 Å². The summed E-state index contributed by atoms with van der Waals surface area (Å²) in [6.45, 7) is 3.48. The molecule has 1 heterocycles. The highest BCUT2D eigenvalue weighted by atomic mass is 16.7. The Labute approximate surface area is 467 Å². The highest BCUT2D eigenvalue weighted by Crippen LogP contribution is 2.23. The van der Waals surface area contributed by atoms with E-state index in [9.17, 15) is 40.5 Å². The van der Waals surface area contributed by atoms with Gasteiger partial charge in [0.05, 0.1) is 25.4 Å². The Kier molecular flexibility index (Phi) is 51.3. The molecule has 1 amide bonds. The van der Waals surface area contributed by atoms with E-state index < -0.39 is 74.2 Å². The molecule has 1 aliphatic rings. The van der Waals surface area contributed by atoms with Crippen molar-refractivity contribution in [1.82, 2.24) is 5.32 Å². The van der Waals surface area contributed by atoms with Crippen LogP contribution >= 0.6 is 0 Å². The number of aliphatic hydroxyl groups is 7. The minimum Gasteiger partial charge on any atom is -0.394 e. The lowest BCUT2D eigenvalue weighted by Crippen LogP contribution is -2.60. The molecular formula is C65H123NO10. The van der Waals surface area contributed by atoms with Gasteiger partial charge in [-0.2, -0.15) is 0 Å². The van der Waals surface area contributed by atoms with E-state index in [1.807, 2.05) is 0 Å². The first-order chi connectivity index (χ1) is 37.2. The van der Waals surface area contributed by atoms with E-state index in [0.717, 1.165) is 38.5 Å². The molecule has 8 N–H and O–H groups in total. The molecule has 0 spiro atoms. The highest BCUT2D eigenvalue weighted by molar-refractivity contribution is 5.80. The molecule has 76 heavy (non-hydrogen) atoms. The van der Waals surface area contributed by atoms with Crippen LogP contribution in [-0.4, -0.2) is 110 Å². The molecule has 0 aromatic carbocycles. The third-order valence-corrected chi connectivity index (χ3v) is 15.6. The second-order valence-corrected chi connectivity index (χ2v) is 22.8. The molecule has 0 radical (unpaired) electrons. The van der Waals surface area contributed by atoms with Crippen LogP contribution in [0.5, 0.6) is 0 Å². The maximum absolute atomic E-state index is 13.2. The molecule has 9 atom stereocenters. The summed E-state index contributed by atoms with van der Waals surface area (Å²) in [6, 6.07) is -1.19. The zero-order valence-corrected chi connectivity index (χ0v) is 49.2. The van der Waals surface area contributed by atoms with Gasteiger partial charge in [-0.15, -0.1) is 0 Å². The largest absolute Gasteiger partial charge is 0.394 e. The Bertz CT molecular complexity index is 1330. The van der Waals surface area contributed by atoms with Crippen molar-refractivity contribution in [3.8, 4) is 0 Å². The van der Waals surface area contributed by atoms with Gasteiger partial charge in [-0.3, -0.25) is 4.79 Å². The lowest BCUT2D eigenvalue weighted by Gasteiger charge is -2.40. The summed E-state index contributed by atoms with van der Waals surface area (Å²) in [4.78, 5) is 13.2. The summed E-state index contributed by atoms with van der Waals surface area (Å²) < 4.78 is 11.2. The summed E-state index contributed by atoms with van der Waals surface area (Å²) >= 11 is 0. The Morgan fingerprint density at radius 1 is 0.447 bits per heavy atom. The van der Waals surface area contributed by atoms with E-state index in [0.29, 0.717) is 19.3 Å². The lowest BCUT2D eigenvalue weighted by molar-refractivity contribution is -0.303. The maximum atomic E-state index is 13.2. The SMILES string of the molecule is CCCCCCCCCCCCCC/C=C\CCCCCCCCCCCC(O)C(=O)NC(COC1OC(CO)C(O)C(O)C1O)C(O)C(O)CCC/C=C/CC/C=C/CCCCCCCCCCCCCCCCC. The molecule has 1 fully saturated rings. The van der Waals surface area contributed by atoms with E-state index in [1.54, 1.807) is 0 Å². The molecule has 0 aliphatic carbocycles. The normalized spacial score (nSPS) is 19.8. The molecule has 0 bridgehead atoms. The number of unbranched alkanes of at least 4 members (excludes halogenated alkanes) is 38. The van der Waals surface area contributed by atoms with Crippen LogP contribution in [0.2, 0.25) is 0 Å². The van der Waals surface area contributed by atoms with Crippen molar-refractivity contribution in [2.45, 2.75) is 358 Å². The third-order valence-electron chi connectivity index (χ3n) is 15.6. The predicted molar refractivity (Wildman–Crippen MR) is 316 cm³/mol. The Hall–Kier alpha value is -1.67. The van der Waals surface area contributed by atoms with Crippen LogP contribution in [0.4, 0.5) is 0 Å². The van der Waals surface area contributed by atoms with Crippen molar-refractivity contribution in [2.24, 2.45) is 0 Å². The summed E-state index contributed by atoms with van der Waals surface area (Å²) in [5.41, 5.74) is 0. The van der Waals surface area contributed by atoms with Crippen molar-refractivity contribution in [3.63, 3.8) is 0 Å². The quantitative estimate of drug-likeness (QED) is 0.0215. The fraction of sp³-hybridized carbons (Fsp3) is 0.892. The average molecular weight is 1080 g/mol. The van der Waals surface area contributed by atoms with Crippen molar-refractivity contribution in [1.29, 1.82) is 0 Å². The number of ether oxygens (including phenoxy) is 2. The third kappa shape index (κ3) is 41.4. The van der Waals surface area contributed by atoms with E-state index in [4.69, 9.17) is 9.47 Å². The van der Waals surface area contributed by atoms with Gasteiger partial charge in [0.25, 0.3) is 0 Å². The van der Waals surface area contributed by atoms with Gasteiger partial charge in [0, 0.05) is 0 Å². The van der Waals surface area contributed by atoms with Crippen molar-refractivity contribution in [2.75, 3.05) is 13.2 Å². The van der Waals surface area contributed by atoms with Crippen LogP contribution in [0, 0.1) is 0 Å². The molecule has 1 saturated heterocycles. The summed E-state index contributed by atoms with van der Waals surface area (Å²) in [5.74, 6) is -0.709. The predicted octanol–water partition coefficient (Wildman–Crippen LogP) is 14.6. The fourth-order valence-electron chi connectivity index (χ4n) is 10.4. The Morgan fingerprint density at radius 3 is 1.17 bits per heavy atom. The van der Waals surface area contributed by atoms with E-state index in [2.05, 4.69) is 55.6 Å². The number of carbonyl (C=O) groups is 1. The van der Waals surface area contributed by atoms with Gasteiger partial charge >= 0.3 is 0 Å². The fourth-order valence-corrected chi connectivity index (χ4v) is 10.4. The zero-order valence-electron chi connectivity index (χ0n) is 49.2. The number of hydrogen-bond donors (Lipinski definition) is 8. The van der Waals surface area contributed by atoms with E-state index >= 15 is 0 Å². The smallest absolute Gasteiger partial charge is 0.249 e. The Morgan fingerprint density at radius 2 is 0.789 bits per heavy atom.